The van der Waals surface area contributed by atoms with Crippen LogP contribution in [0, 0.1) is 0 Å². The van der Waals surface area contributed by atoms with Crippen molar-refractivity contribution in [2.24, 2.45) is 5.10 Å². The largest absolute Gasteiger partial charge is 0.586 e. The minimum atomic E-state index is -3.78. The van der Waals surface area contributed by atoms with Crippen LogP contribution < -0.4 is 19.2 Å². The van der Waals surface area contributed by atoms with Crippen LogP contribution >= 0.6 is 0 Å². The molecule has 0 radical (unpaired) electrons. The van der Waals surface area contributed by atoms with Crippen LogP contribution in [0.5, 0.6) is 17.2 Å². The average molecular weight is 458 g/mol. The number of halogens is 4. The number of ether oxygens (including phenoxy) is 3. The summed E-state index contributed by atoms with van der Waals surface area (Å²) >= 11 is 0. The van der Waals surface area contributed by atoms with Gasteiger partial charge >= 0.3 is 12.9 Å². The molecule has 0 amide bonds. The maximum Gasteiger partial charge on any atom is 0.586 e. The molecule has 7 nitrogen and oxygen atoms in total. The van der Waals surface area contributed by atoms with Gasteiger partial charge in [0.05, 0.1) is 17.6 Å². The Balaban J connectivity index is 1.50. The fourth-order valence-electron chi connectivity index (χ4n) is 3.38. The first-order valence-electron chi connectivity index (χ1n) is 9.54. The third kappa shape index (κ3) is 3.88. The Kier molecular flexibility index (Phi) is 4.81. The second-order valence-corrected chi connectivity index (χ2v) is 6.91. The molecule has 2 aromatic carbocycles. The number of nitrogens with zero attached hydrogens (tertiary/aromatic N) is 4. The van der Waals surface area contributed by atoms with Gasteiger partial charge in [0.15, 0.2) is 11.5 Å². The van der Waals surface area contributed by atoms with E-state index in [1.54, 1.807) is 36.5 Å². The second kappa shape index (κ2) is 7.69. The molecule has 2 aliphatic heterocycles. The van der Waals surface area contributed by atoms with Crippen molar-refractivity contribution in [2.45, 2.75) is 12.9 Å². The molecule has 1 aromatic heterocycles. The molecule has 0 unspecified atom stereocenters. The molecule has 0 saturated heterocycles. The molecule has 0 atom stereocenters. The van der Waals surface area contributed by atoms with E-state index >= 15 is 0 Å². The third-order valence-corrected chi connectivity index (χ3v) is 4.78. The zero-order chi connectivity index (χ0) is 23.2. The maximum absolute atomic E-state index is 13.6. The van der Waals surface area contributed by atoms with Crippen molar-refractivity contribution in [2.75, 3.05) is 5.01 Å². The number of fused-ring (bicyclic) bond motifs is 1. The highest BCUT2D eigenvalue weighted by molar-refractivity contribution is 6.14. The molecule has 0 aliphatic carbocycles. The van der Waals surface area contributed by atoms with Gasteiger partial charge in [-0.15, -0.1) is 8.78 Å². The molecular formula is C22H14F4N4O3. The summed E-state index contributed by atoms with van der Waals surface area (Å²) in [6.45, 7) is 1.07. The second-order valence-electron chi connectivity index (χ2n) is 6.91. The number of alkyl halides is 4. The smallest absolute Gasteiger partial charge is 0.435 e. The SMILES string of the molecule is C=C1C=CN(c2ccc(OC(F)F)cc2)N=C1c1ccnn1-c1cccc2c1OC(F)(F)O2. The number of hydrogen-bond donors (Lipinski definition) is 0. The van der Waals surface area contributed by atoms with Crippen LogP contribution in [0.3, 0.4) is 0 Å². The molecule has 3 heterocycles. The summed E-state index contributed by atoms with van der Waals surface area (Å²) in [7, 11) is 0. The first-order chi connectivity index (χ1) is 15.8. The Labute approximate surface area is 184 Å². The van der Waals surface area contributed by atoms with Crippen molar-refractivity contribution < 1.29 is 31.8 Å². The monoisotopic (exact) mass is 458 g/mol. The van der Waals surface area contributed by atoms with Crippen molar-refractivity contribution in [3.05, 3.63) is 84.8 Å². The van der Waals surface area contributed by atoms with E-state index < -0.39 is 12.9 Å². The molecule has 168 valence electrons. The van der Waals surface area contributed by atoms with E-state index in [0.29, 0.717) is 22.7 Å². The van der Waals surface area contributed by atoms with Gasteiger partial charge in [-0.25, -0.2) is 9.69 Å². The number of para-hydroxylation sites is 1. The van der Waals surface area contributed by atoms with Crippen LogP contribution in [-0.4, -0.2) is 28.4 Å². The van der Waals surface area contributed by atoms with E-state index in [1.165, 1.54) is 40.2 Å². The van der Waals surface area contributed by atoms with Gasteiger partial charge in [-0.3, -0.25) is 0 Å². The first kappa shape index (κ1) is 20.6. The predicted molar refractivity (Wildman–Crippen MR) is 110 cm³/mol. The highest BCUT2D eigenvalue weighted by atomic mass is 19.3. The summed E-state index contributed by atoms with van der Waals surface area (Å²) in [5, 5.41) is 10.3. The minimum absolute atomic E-state index is 0.0124. The highest BCUT2D eigenvalue weighted by Crippen LogP contribution is 2.44. The molecule has 0 saturated carbocycles. The number of hydrogen-bond acceptors (Lipinski definition) is 6. The number of allylic oxidation sites excluding steroid dienone is 2. The Morgan fingerprint density at radius 1 is 1.03 bits per heavy atom. The van der Waals surface area contributed by atoms with Crippen LogP contribution in [0.25, 0.3) is 5.69 Å². The number of benzene rings is 2. The van der Waals surface area contributed by atoms with Gasteiger partial charge in [0.25, 0.3) is 0 Å². The quantitative estimate of drug-likeness (QED) is 0.499. The van der Waals surface area contributed by atoms with Gasteiger partial charge in [0.2, 0.25) is 0 Å². The fraction of sp³-hybridized carbons (Fsp3) is 0.0909. The molecule has 0 fully saturated rings. The summed E-state index contributed by atoms with van der Waals surface area (Å²) in [5.74, 6) is -0.258. The lowest BCUT2D eigenvalue weighted by molar-refractivity contribution is -0.286. The summed E-state index contributed by atoms with van der Waals surface area (Å²) in [6.07, 6.45) is 1.05. The normalized spacial score (nSPS) is 16.3. The Bertz CT molecular complexity index is 1290. The first-order valence-corrected chi connectivity index (χ1v) is 9.54. The lowest BCUT2D eigenvalue weighted by atomic mass is 10.1. The lowest BCUT2D eigenvalue weighted by Crippen LogP contribution is -2.26. The van der Waals surface area contributed by atoms with Crippen LogP contribution in [0.15, 0.2) is 84.3 Å². The van der Waals surface area contributed by atoms with Gasteiger partial charge < -0.3 is 14.2 Å². The Morgan fingerprint density at radius 3 is 2.58 bits per heavy atom. The third-order valence-electron chi connectivity index (χ3n) is 4.78. The van der Waals surface area contributed by atoms with E-state index in [1.807, 2.05) is 0 Å². The van der Waals surface area contributed by atoms with Crippen LogP contribution in [-0.2, 0) is 0 Å². The number of rotatable bonds is 5. The molecule has 33 heavy (non-hydrogen) atoms. The van der Waals surface area contributed by atoms with Gasteiger partial charge in [-0.05, 0) is 54.1 Å². The van der Waals surface area contributed by atoms with Gasteiger partial charge in [0.1, 0.15) is 17.1 Å². The van der Waals surface area contributed by atoms with E-state index in [-0.39, 0.29) is 22.9 Å². The Morgan fingerprint density at radius 2 is 1.82 bits per heavy atom. The predicted octanol–water partition coefficient (Wildman–Crippen LogP) is 5.09. The minimum Gasteiger partial charge on any atom is -0.435 e. The standard InChI is InChI=1S/C22H14F4N4O3/c1-13-10-12-29(14-5-7-15(8-6-14)31-21(23)24)28-19(13)16-9-11-27-30(16)17-3-2-4-18-20(17)33-22(25,26)32-18/h2-12,21H,1H2. The van der Waals surface area contributed by atoms with Crippen LogP contribution in [0.2, 0.25) is 0 Å². The maximum atomic E-state index is 13.6. The molecule has 3 aromatic rings. The van der Waals surface area contributed by atoms with Gasteiger partial charge in [-0.2, -0.15) is 19.0 Å². The molecule has 0 N–H and O–H groups in total. The summed E-state index contributed by atoms with van der Waals surface area (Å²) in [4.78, 5) is 0. The molecule has 0 spiro atoms. The van der Waals surface area contributed by atoms with Gasteiger partial charge in [0, 0.05) is 6.20 Å². The van der Waals surface area contributed by atoms with E-state index in [0.717, 1.165) is 0 Å². The van der Waals surface area contributed by atoms with Crippen molar-refractivity contribution in [1.82, 2.24) is 9.78 Å². The lowest BCUT2D eigenvalue weighted by Gasteiger charge is -2.22. The molecule has 0 bridgehead atoms. The van der Waals surface area contributed by atoms with E-state index in [9.17, 15) is 17.6 Å². The van der Waals surface area contributed by atoms with Gasteiger partial charge in [-0.1, -0.05) is 12.6 Å². The molecule has 5 rings (SSSR count). The highest BCUT2D eigenvalue weighted by Gasteiger charge is 2.45. The van der Waals surface area contributed by atoms with Crippen molar-refractivity contribution >= 4 is 11.4 Å². The zero-order valence-corrected chi connectivity index (χ0v) is 16.7. The van der Waals surface area contributed by atoms with Crippen LogP contribution in [0.4, 0.5) is 23.2 Å². The van der Waals surface area contributed by atoms with Crippen LogP contribution in [0.1, 0.15) is 5.69 Å². The molecule has 11 heteroatoms. The number of aromatic nitrogens is 2. The Hall–Kier alpha value is -4.28. The number of hydrazone groups is 1. The fourth-order valence-corrected chi connectivity index (χ4v) is 3.38. The summed E-state index contributed by atoms with van der Waals surface area (Å²) in [5.41, 5.74) is 2.21. The molecular weight excluding hydrogens is 444 g/mol. The van der Waals surface area contributed by atoms with Crippen molar-refractivity contribution in [3.63, 3.8) is 0 Å². The van der Waals surface area contributed by atoms with Crippen molar-refractivity contribution in [1.29, 1.82) is 0 Å². The number of anilines is 1. The average Bonchev–Trinajstić information content (AvgIpc) is 3.37. The molecule has 2 aliphatic rings. The zero-order valence-electron chi connectivity index (χ0n) is 16.7. The topological polar surface area (TPSA) is 61.1 Å². The summed E-state index contributed by atoms with van der Waals surface area (Å²) < 4.78 is 67.0. The van der Waals surface area contributed by atoms with E-state index in [2.05, 4.69) is 31.0 Å². The summed E-state index contributed by atoms with van der Waals surface area (Å²) in [6, 6.07) is 12.0. The van der Waals surface area contributed by atoms with E-state index in [4.69, 9.17) is 0 Å². The van der Waals surface area contributed by atoms with Crippen molar-refractivity contribution in [3.8, 4) is 22.9 Å².